The van der Waals surface area contributed by atoms with Gasteiger partial charge in [-0.15, -0.1) is 0 Å². The summed E-state index contributed by atoms with van der Waals surface area (Å²) in [7, 11) is 0. The molecule has 1 heterocycles. The number of hydrogen-bond acceptors (Lipinski definition) is 3. The minimum absolute atomic E-state index is 0.798. The molecule has 0 bridgehead atoms. The summed E-state index contributed by atoms with van der Waals surface area (Å²) in [5.74, 6) is 0.799. The van der Waals surface area contributed by atoms with Crippen LogP contribution in [0.1, 0.15) is 19.3 Å². The Kier molecular flexibility index (Phi) is 4.68. The van der Waals surface area contributed by atoms with Gasteiger partial charge in [0.25, 0.3) is 0 Å². The summed E-state index contributed by atoms with van der Waals surface area (Å²) in [4.78, 5) is 0. The fourth-order valence-electron chi connectivity index (χ4n) is 2.14. The van der Waals surface area contributed by atoms with Crippen LogP contribution in [0.5, 0.6) is 0 Å². The molecule has 1 aliphatic heterocycles. The monoisotopic (exact) mass is 298 g/mol. The van der Waals surface area contributed by atoms with Gasteiger partial charge in [-0.3, -0.25) is 0 Å². The Bertz CT molecular complexity index is 364. The highest BCUT2D eigenvalue weighted by molar-refractivity contribution is 9.10. The Morgan fingerprint density at radius 2 is 2.12 bits per heavy atom. The summed E-state index contributed by atoms with van der Waals surface area (Å²) in [5.41, 5.74) is 7.75. The molecule has 1 saturated heterocycles. The molecule has 4 heteroatoms. The van der Waals surface area contributed by atoms with Gasteiger partial charge in [-0.05, 0) is 43.4 Å². The molecule has 0 aliphatic carbocycles. The number of hydrogen-bond donors (Lipinski definition) is 2. The number of anilines is 2. The first-order valence-electron chi connectivity index (χ1n) is 6.12. The van der Waals surface area contributed by atoms with Crippen molar-refractivity contribution in [3.63, 3.8) is 0 Å². The normalized spacial score (nSPS) is 17.0. The quantitative estimate of drug-likeness (QED) is 0.839. The van der Waals surface area contributed by atoms with Gasteiger partial charge < -0.3 is 15.8 Å². The fourth-order valence-corrected chi connectivity index (χ4v) is 2.52. The van der Waals surface area contributed by atoms with Crippen LogP contribution in [0.15, 0.2) is 22.7 Å². The van der Waals surface area contributed by atoms with E-state index >= 15 is 0 Å². The van der Waals surface area contributed by atoms with Crippen molar-refractivity contribution < 1.29 is 4.74 Å². The second-order valence-electron chi connectivity index (χ2n) is 4.50. The summed E-state index contributed by atoms with van der Waals surface area (Å²) in [6.07, 6.45) is 3.58. The van der Waals surface area contributed by atoms with Crippen molar-refractivity contribution in [3.8, 4) is 0 Å². The molecular weight excluding hydrogens is 280 g/mol. The summed E-state index contributed by atoms with van der Waals surface area (Å²) in [5, 5.41) is 3.40. The molecule has 94 valence electrons. The molecular formula is C13H19BrN2O. The van der Waals surface area contributed by atoms with Crippen LogP contribution in [0.3, 0.4) is 0 Å². The average Bonchev–Trinajstić information content (AvgIpc) is 2.33. The molecule has 0 saturated carbocycles. The summed E-state index contributed by atoms with van der Waals surface area (Å²) in [6.45, 7) is 2.83. The van der Waals surface area contributed by atoms with Gasteiger partial charge in [0.15, 0.2) is 0 Å². The predicted molar refractivity (Wildman–Crippen MR) is 75.2 cm³/mol. The van der Waals surface area contributed by atoms with Crippen LogP contribution in [0, 0.1) is 5.92 Å². The molecule has 17 heavy (non-hydrogen) atoms. The lowest BCUT2D eigenvalue weighted by Crippen LogP contribution is -2.18. The molecule has 1 aliphatic rings. The van der Waals surface area contributed by atoms with E-state index in [4.69, 9.17) is 10.5 Å². The molecule has 0 atom stereocenters. The van der Waals surface area contributed by atoms with Crippen molar-refractivity contribution >= 4 is 27.3 Å². The van der Waals surface area contributed by atoms with Crippen LogP contribution in [-0.2, 0) is 4.74 Å². The van der Waals surface area contributed by atoms with Crippen LogP contribution < -0.4 is 11.1 Å². The van der Waals surface area contributed by atoms with E-state index in [-0.39, 0.29) is 0 Å². The Balaban J connectivity index is 1.77. The minimum atomic E-state index is 0.798. The molecule has 2 rings (SSSR count). The van der Waals surface area contributed by atoms with Crippen LogP contribution in [0.4, 0.5) is 11.4 Å². The van der Waals surface area contributed by atoms with Gasteiger partial charge in [0.1, 0.15) is 0 Å². The zero-order chi connectivity index (χ0) is 12.1. The molecule has 3 N–H and O–H groups in total. The van der Waals surface area contributed by atoms with Crippen LogP contribution in [0.25, 0.3) is 0 Å². The van der Waals surface area contributed by atoms with Crippen molar-refractivity contribution in [2.24, 2.45) is 5.92 Å². The van der Waals surface area contributed by atoms with Crippen molar-refractivity contribution in [1.82, 2.24) is 0 Å². The Hall–Kier alpha value is -0.740. The van der Waals surface area contributed by atoms with Gasteiger partial charge in [0, 0.05) is 24.2 Å². The lowest BCUT2D eigenvalue weighted by atomic mass is 9.97. The van der Waals surface area contributed by atoms with E-state index in [9.17, 15) is 0 Å². The maximum Gasteiger partial charge on any atom is 0.0574 e. The predicted octanol–water partition coefficient (Wildman–Crippen LogP) is 3.26. The molecule has 0 unspecified atom stereocenters. The number of rotatable bonds is 4. The minimum Gasteiger partial charge on any atom is -0.397 e. The molecule has 1 aromatic carbocycles. The number of benzene rings is 1. The molecule has 0 radical (unpaired) electrons. The Labute approximate surface area is 111 Å². The molecule has 1 aromatic rings. The third kappa shape index (κ3) is 3.89. The zero-order valence-corrected chi connectivity index (χ0v) is 11.5. The van der Waals surface area contributed by atoms with Gasteiger partial charge in [0.05, 0.1) is 11.4 Å². The smallest absolute Gasteiger partial charge is 0.0574 e. The third-order valence-corrected chi connectivity index (χ3v) is 3.72. The number of nitrogen functional groups attached to an aromatic ring is 1. The summed E-state index contributed by atoms with van der Waals surface area (Å²) >= 11 is 3.41. The van der Waals surface area contributed by atoms with Gasteiger partial charge in [0.2, 0.25) is 0 Å². The SMILES string of the molecule is Nc1cc(Br)ccc1NCCC1CCOCC1. The number of nitrogens with one attached hydrogen (secondary N) is 1. The lowest BCUT2D eigenvalue weighted by Gasteiger charge is -2.22. The van der Waals surface area contributed by atoms with Crippen molar-refractivity contribution in [2.45, 2.75) is 19.3 Å². The molecule has 0 aromatic heterocycles. The van der Waals surface area contributed by atoms with Crippen molar-refractivity contribution in [2.75, 3.05) is 30.8 Å². The van der Waals surface area contributed by atoms with E-state index < -0.39 is 0 Å². The van der Waals surface area contributed by atoms with Gasteiger partial charge in [-0.1, -0.05) is 15.9 Å². The molecule has 3 nitrogen and oxygen atoms in total. The van der Waals surface area contributed by atoms with Crippen molar-refractivity contribution in [1.29, 1.82) is 0 Å². The standard InChI is InChI=1S/C13H19BrN2O/c14-11-1-2-13(12(15)9-11)16-6-3-10-4-7-17-8-5-10/h1-2,9-10,16H,3-8,15H2. The first-order valence-corrected chi connectivity index (χ1v) is 6.91. The highest BCUT2D eigenvalue weighted by Gasteiger charge is 2.13. The van der Waals surface area contributed by atoms with E-state index in [1.807, 2.05) is 18.2 Å². The first kappa shape index (κ1) is 12.7. The van der Waals surface area contributed by atoms with E-state index in [0.717, 1.165) is 41.5 Å². The van der Waals surface area contributed by atoms with Gasteiger partial charge in [-0.25, -0.2) is 0 Å². The van der Waals surface area contributed by atoms with Crippen LogP contribution >= 0.6 is 15.9 Å². The number of ether oxygens (including phenoxy) is 1. The lowest BCUT2D eigenvalue weighted by molar-refractivity contribution is 0.0649. The average molecular weight is 299 g/mol. The Morgan fingerprint density at radius 3 is 2.82 bits per heavy atom. The second-order valence-corrected chi connectivity index (χ2v) is 5.42. The summed E-state index contributed by atoms with van der Waals surface area (Å²) in [6, 6.07) is 5.95. The zero-order valence-electron chi connectivity index (χ0n) is 9.92. The van der Waals surface area contributed by atoms with Crippen LogP contribution in [-0.4, -0.2) is 19.8 Å². The van der Waals surface area contributed by atoms with E-state index in [1.165, 1.54) is 19.3 Å². The van der Waals surface area contributed by atoms with E-state index in [1.54, 1.807) is 0 Å². The first-order chi connectivity index (χ1) is 8.25. The van der Waals surface area contributed by atoms with E-state index in [2.05, 4.69) is 21.2 Å². The van der Waals surface area contributed by atoms with Gasteiger partial charge >= 0.3 is 0 Å². The largest absolute Gasteiger partial charge is 0.397 e. The van der Waals surface area contributed by atoms with E-state index in [0.29, 0.717) is 0 Å². The summed E-state index contributed by atoms with van der Waals surface area (Å²) < 4.78 is 6.37. The third-order valence-electron chi connectivity index (χ3n) is 3.22. The topological polar surface area (TPSA) is 47.3 Å². The molecule has 0 amide bonds. The van der Waals surface area contributed by atoms with Gasteiger partial charge in [-0.2, -0.15) is 0 Å². The molecule has 0 spiro atoms. The van der Waals surface area contributed by atoms with Crippen LogP contribution in [0.2, 0.25) is 0 Å². The van der Waals surface area contributed by atoms with Crippen molar-refractivity contribution in [3.05, 3.63) is 22.7 Å². The highest BCUT2D eigenvalue weighted by Crippen LogP contribution is 2.24. The molecule has 1 fully saturated rings. The maximum atomic E-state index is 5.93. The number of halogens is 1. The highest BCUT2D eigenvalue weighted by atomic mass is 79.9. The second kappa shape index (κ2) is 6.26. The Morgan fingerprint density at radius 1 is 1.35 bits per heavy atom. The fraction of sp³-hybridized carbons (Fsp3) is 0.538. The maximum absolute atomic E-state index is 5.93. The number of nitrogens with two attached hydrogens (primary N) is 1.